The van der Waals surface area contributed by atoms with Gasteiger partial charge >= 0.3 is 0 Å². The number of hydrogen-bond donors (Lipinski definition) is 0. The summed E-state index contributed by atoms with van der Waals surface area (Å²) in [6.45, 7) is 1.71. The molecule has 0 aliphatic carbocycles. The van der Waals surface area contributed by atoms with Crippen LogP contribution >= 0.6 is 22.9 Å². The normalized spacial score (nSPS) is 12.4. The number of nitro groups is 1. The highest BCUT2D eigenvalue weighted by atomic mass is 35.5. The van der Waals surface area contributed by atoms with Crippen LogP contribution in [0.2, 0.25) is 0 Å². The molecular weight excluding hydrogens is 281 g/mol. The average Bonchev–Trinajstić information content (AvgIpc) is 2.77. The summed E-state index contributed by atoms with van der Waals surface area (Å²) in [6, 6.07) is 3.21. The third-order valence-electron chi connectivity index (χ3n) is 2.17. The number of alkyl halides is 1. The summed E-state index contributed by atoms with van der Waals surface area (Å²) >= 11 is 6.95. The molecule has 94 valence electrons. The van der Waals surface area contributed by atoms with Crippen LogP contribution in [0.15, 0.2) is 18.2 Å². The molecule has 1 aromatic heterocycles. The van der Waals surface area contributed by atoms with Gasteiger partial charge in [0.2, 0.25) is 0 Å². The molecular formula is C10H7ClFN3O2S. The van der Waals surface area contributed by atoms with Crippen molar-refractivity contribution in [3.8, 4) is 10.6 Å². The van der Waals surface area contributed by atoms with Crippen LogP contribution in [0.4, 0.5) is 10.1 Å². The van der Waals surface area contributed by atoms with E-state index in [1.54, 1.807) is 6.92 Å². The van der Waals surface area contributed by atoms with Gasteiger partial charge in [-0.3, -0.25) is 10.1 Å². The molecule has 0 aliphatic rings. The van der Waals surface area contributed by atoms with Crippen LogP contribution in [0.25, 0.3) is 10.6 Å². The summed E-state index contributed by atoms with van der Waals surface area (Å²) in [7, 11) is 0. The lowest BCUT2D eigenvalue weighted by atomic mass is 10.2. The minimum absolute atomic E-state index is 0.112. The Hall–Kier alpha value is -1.60. The van der Waals surface area contributed by atoms with Crippen molar-refractivity contribution in [2.75, 3.05) is 0 Å². The third kappa shape index (κ3) is 2.46. The monoisotopic (exact) mass is 287 g/mol. The first kappa shape index (κ1) is 12.8. The predicted octanol–water partition coefficient (Wildman–Crippen LogP) is 3.55. The average molecular weight is 288 g/mol. The van der Waals surface area contributed by atoms with Crippen molar-refractivity contribution in [2.45, 2.75) is 12.3 Å². The van der Waals surface area contributed by atoms with Gasteiger partial charge in [-0.25, -0.2) is 4.39 Å². The van der Waals surface area contributed by atoms with Crippen LogP contribution in [0.3, 0.4) is 0 Å². The molecule has 0 spiro atoms. The summed E-state index contributed by atoms with van der Waals surface area (Å²) in [5.41, 5.74) is -0.0950. The molecule has 2 aromatic rings. The molecule has 1 unspecified atom stereocenters. The number of hydrogen-bond acceptors (Lipinski definition) is 5. The third-order valence-corrected chi connectivity index (χ3v) is 3.64. The van der Waals surface area contributed by atoms with E-state index in [1.165, 1.54) is 0 Å². The van der Waals surface area contributed by atoms with Crippen LogP contribution in [-0.4, -0.2) is 15.1 Å². The largest absolute Gasteiger partial charge is 0.279 e. The van der Waals surface area contributed by atoms with Crippen molar-refractivity contribution >= 4 is 28.6 Å². The Balaban J connectivity index is 2.54. The Kier molecular flexibility index (Phi) is 3.53. The lowest BCUT2D eigenvalue weighted by Gasteiger charge is -1.98. The van der Waals surface area contributed by atoms with Crippen LogP contribution in [0.1, 0.15) is 17.3 Å². The number of aromatic nitrogens is 2. The molecule has 18 heavy (non-hydrogen) atoms. The molecule has 5 nitrogen and oxygen atoms in total. The Morgan fingerprint density at radius 3 is 2.78 bits per heavy atom. The zero-order valence-corrected chi connectivity index (χ0v) is 10.7. The molecule has 1 atom stereocenters. The van der Waals surface area contributed by atoms with E-state index in [2.05, 4.69) is 10.2 Å². The van der Waals surface area contributed by atoms with E-state index in [0.717, 1.165) is 29.5 Å². The first-order chi connectivity index (χ1) is 8.49. The van der Waals surface area contributed by atoms with Crippen molar-refractivity contribution < 1.29 is 9.31 Å². The van der Waals surface area contributed by atoms with Gasteiger partial charge in [0.1, 0.15) is 10.8 Å². The zero-order chi connectivity index (χ0) is 13.3. The van der Waals surface area contributed by atoms with Crippen molar-refractivity contribution in [2.24, 2.45) is 0 Å². The molecule has 0 N–H and O–H groups in total. The Bertz CT molecular complexity index is 603. The molecule has 0 radical (unpaired) electrons. The predicted molar refractivity (Wildman–Crippen MR) is 66.2 cm³/mol. The number of benzene rings is 1. The van der Waals surface area contributed by atoms with Gasteiger partial charge in [-0.2, -0.15) is 0 Å². The molecule has 0 saturated heterocycles. The summed E-state index contributed by atoms with van der Waals surface area (Å²) in [4.78, 5) is 10.3. The summed E-state index contributed by atoms with van der Waals surface area (Å²) in [5.74, 6) is -0.564. The number of rotatable bonds is 3. The van der Waals surface area contributed by atoms with Gasteiger partial charge in [0, 0.05) is 6.07 Å². The highest BCUT2D eigenvalue weighted by Gasteiger charge is 2.20. The fourth-order valence-electron chi connectivity index (χ4n) is 1.34. The van der Waals surface area contributed by atoms with E-state index < -0.39 is 10.7 Å². The Labute approximate surface area is 110 Å². The lowest BCUT2D eigenvalue weighted by Crippen LogP contribution is -1.92. The number of nitrogens with zero attached hydrogens (tertiary/aromatic N) is 3. The fraction of sp³-hybridized carbons (Fsp3) is 0.200. The molecule has 8 heteroatoms. The first-order valence-electron chi connectivity index (χ1n) is 4.91. The maximum absolute atomic E-state index is 13.2. The van der Waals surface area contributed by atoms with Gasteiger partial charge in [-0.05, 0) is 19.1 Å². The minimum Gasteiger partial charge on any atom is -0.258 e. The van der Waals surface area contributed by atoms with Crippen molar-refractivity contribution in [3.63, 3.8) is 0 Å². The Morgan fingerprint density at radius 2 is 2.22 bits per heavy atom. The van der Waals surface area contributed by atoms with E-state index >= 15 is 0 Å². The first-order valence-corrected chi connectivity index (χ1v) is 6.16. The number of nitro benzene ring substituents is 1. The van der Waals surface area contributed by atoms with Crippen LogP contribution in [0.5, 0.6) is 0 Å². The SMILES string of the molecule is CC(Cl)c1nnc(-c2cc(F)ccc2[N+](=O)[O-])s1. The smallest absolute Gasteiger partial charge is 0.258 e. The molecule has 0 saturated carbocycles. The standard InChI is InChI=1S/C10H7ClFN3O2S/c1-5(11)9-13-14-10(18-9)7-4-6(12)2-3-8(7)15(16)17/h2-5H,1H3. The number of halogens is 2. The fourth-order valence-corrected chi connectivity index (χ4v) is 2.32. The molecule has 2 rings (SSSR count). The molecule has 0 fully saturated rings. The molecule has 1 aromatic carbocycles. The minimum atomic E-state index is -0.583. The van der Waals surface area contributed by atoms with E-state index in [9.17, 15) is 14.5 Å². The van der Waals surface area contributed by atoms with Gasteiger partial charge < -0.3 is 0 Å². The second-order valence-corrected chi connectivity index (χ2v) is 5.14. The Morgan fingerprint density at radius 1 is 1.50 bits per heavy atom. The van der Waals surface area contributed by atoms with Gasteiger partial charge in [0.25, 0.3) is 5.69 Å². The van der Waals surface area contributed by atoms with Crippen LogP contribution in [-0.2, 0) is 0 Å². The summed E-state index contributed by atoms with van der Waals surface area (Å²) in [6.07, 6.45) is 0. The second kappa shape index (κ2) is 4.95. The summed E-state index contributed by atoms with van der Waals surface area (Å²) < 4.78 is 13.2. The molecule has 0 amide bonds. The maximum atomic E-state index is 13.2. The molecule has 0 aliphatic heterocycles. The lowest BCUT2D eigenvalue weighted by molar-refractivity contribution is -0.384. The van der Waals surface area contributed by atoms with Gasteiger partial charge in [-0.1, -0.05) is 11.3 Å². The zero-order valence-electron chi connectivity index (χ0n) is 9.13. The van der Waals surface area contributed by atoms with Crippen molar-refractivity contribution in [1.29, 1.82) is 0 Å². The highest BCUT2D eigenvalue weighted by Crippen LogP contribution is 2.34. The van der Waals surface area contributed by atoms with Gasteiger partial charge in [0.05, 0.1) is 15.9 Å². The quantitative estimate of drug-likeness (QED) is 0.492. The van der Waals surface area contributed by atoms with Gasteiger partial charge in [-0.15, -0.1) is 21.8 Å². The van der Waals surface area contributed by atoms with Crippen LogP contribution < -0.4 is 0 Å². The van der Waals surface area contributed by atoms with Crippen molar-refractivity contribution in [3.05, 3.63) is 39.1 Å². The van der Waals surface area contributed by atoms with Crippen molar-refractivity contribution in [1.82, 2.24) is 10.2 Å². The second-order valence-electron chi connectivity index (χ2n) is 3.48. The molecule has 0 bridgehead atoms. The summed E-state index contributed by atoms with van der Waals surface area (Å²) in [5, 5.41) is 18.9. The topological polar surface area (TPSA) is 68.9 Å². The van der Waals surface area contributed by atoms with E-state index in [4.69, 9.17) is 11.6 Å². The molecule has 1 heterocycles. The van der Waals surface area contributed by atoms with E-state index in [-0.39, 0.29) is 21.6 Å². The van der Waals surface area contributed by atoms with E-state index in [1.807, 2.05) is 0 Å². The van der Waals surface area contributed by atoms with Crippen LogP contribution in [0, 0.1) is 15.9 Å². The van der Waals surface area contributed by atoms with E-state index in [0.29, 0.717) is 5.01 Å². The maximum Gasteiger partial charge on any atom is 0.279 e. The highest BCUT2D eigenvalue weighted by molar-refractivity contribution is 7.15. The van der Waals surface area contributed by atoms with Gasteiger partial charge in [0.15, 0.2) is 5.01 Å².